The first-order valence-corrected chi connectivity index (χ1v) is 8.75. The molecule has 0 amide bonds. The Morgan fingerprint density at radius 1 is 1.05 bits per heavy atom. The fourth-order valence-electron chi connectivity index (χ4n) is 2.95. The number of nitrogens with two attached hydrogens (primary N) is 1. The molecule has 2 heteroatoms. The van der Waals surface area contributed by atoms with E-state index in [1.54, 1.807) is 11.1 Å². The first-order chi connectivity index (χ1) is 10.2. The highest BCUT2D eigenvalue weighted by Gasteiger charge is 2.12. The Labute approximate surface area is 132 Å². The third kappa shape index (κ3) is 3.90. The summed E-state index contributed by atoms with van der Waals surface area (Å²) in [5.41, 5.74) is 12.1. The first kappa shape index (κ1) is 14.7. The average Bonchev–Trinajstić information content (AvgIpc) is 2.94. The maximum absolute atomic E-state index is 6.31. The van der Waals surface area contributed by atoms with Gasteiger partial charge in [-0.3, -0.25) is 0 Å². The quantitative estimate of drug-likeness (QED) is 0.839. The van der Waals surface area contributed by atoms with Gasteiger partial charge in [-0.2, -0.15) is 0 Å². The zero-order chi connectivity index (χ0) is 14.7. The van der Waals surface area contributed by atoms with Crippen molar-refractivity contribution in [2.45, 2.75) is 43.5 Å². The zero-order valence-corrected chi connectivity index (χ0v) is 13.5. The van der Waals surface area contributed by atoms with E-state index in [-0.39, 0.29) is 6.04 Å². The van der Waals surface area contributed by atoms with Gasteiger partial charge in [0.15, 0.2) is 0 Å². The summed E-state index contributed by atoms with van der Waals surface area (Å²) in [4.78, 5) is 1.31. The van der Waals surface area contributed by atoms with Crippen molar-refractivity contribution in [2.24, 2.45) is 5.73 Å². The standard InChI is InChI=1S/C19H23NS/c1-14-5-9-19(10-6-14)21-13-18(20)12-15-7-8-16-3-2-4-17(16)11-15/h5-11,18H,2-4,12-13,20H2,1H3. The largest absolute Gasteiger partial charge is 0.327 e. The lowest BCUT2D eigenvalue weighted by atomic mass is 10.0. The van der Waals surface area contributed by atoms with Crippen LogP contribution >= 0.6 is 11.8 Å². The van der Waals surface area contributed by atoms with Crippen LogP contribution in [0.3, 0.4) is 0 Å². The number of benzene rings is 2. The van der Waals surface area contributed by atoms with Crippen molar-refractivity contribution in [2.75, 3.05) is 5.75 Å². The van der Waals surface area contributed by atoms with Gasteiger partial charge in [0.05, 0.1) is 0 Å². The minimum absolute atomic E-state index is 0.218. The van der Waals surface area contributed by atoms with Gasteiger partial charge in [0, 0.05) is 16.7 Å². The fourth-order valence-corrected chi connectivity index (χ4v) is 3.80. The second kappa shape index (κ2) is 6.67. The number of rotatable bonds is 5. The third-order valence-electron chi connectivity index (χ3n) is 4.15. The van der Waals surface area contributed by atoms with Crippen molar-refractivity contribution >= 4 is 11.8 Å². The van der Waals surface area contributed by atoms with Crippen molar-refractivity contribution in [1.29, 1.82) is 0 Å². The van der Waals surface area contributed by atoms with Crippen LogP contribution in [0.25, 0.3) is 0 Å². The monoisotopic (exact) mass is 297 g/mol. The van der Waals surface area contributed by atoms with Crippen LogP contribution in [0.1, 0.15) is 28.7 Å². The van der Waals surface area contributed by atoms with Crippen LogP contribution in [0.4, 0.5) is 0 Å². The van der Waals surface area contributed by atoms with Gasteiger partial charge in [0.25, 0.3) is 0 Å². The summed E-state index contributed by atoms with van der Waals surface area (Å²) in [5, 5.41) is 0. The molecular formula is C19H23NS. The van der Waals surface area contributed by atoms with E-state index in [1.165, 1.54) is 35.3 Å². The summed E-state index contributed by atoms with van der Waals surface area (Å²) in [6.07, 6.45) is 4.79. The summed E-state index contributed by atoms with van der Waals surface area (Å²) in [7, 11) is 0. The van der Waals surface area contributed by atoms with Gasteiger partial charge in [0.2, 0.25) is 0 Å². The molecule has 3 rings (SSSR count). The molecule has 0 fully saturated rings. The van der Waals surface area contributed by atoms with Crippen molar-refractivity contribution in [3.63, 3.8) is 0 Å². The van der Waals surface area contributed by atoms with E-state index in [0.29, 0.717) is 0 Å². The molecule has 0 saturated heterocycles. The topological polar surface area (TPSA) is 26.0 Å². The maximum Gasteiger partial charge on any atom is 0.0174 e. The lowest BCUT2D eigenvalue weighted by molar-refractivity contribution is 0.748. The van der Waals surface area contributed by atoms with E-state index in [1.807, 2.05) is 11.8 Å². The lowest BCUT2D eigenvalue weighted by Crippen LogP contribution is -2.25. The van der Waals surface area contributed by atoms with Gasteiger partial charge in [-0.1, -0.05) is 35.9 Å². The summed E-state index contributed by atoms with van der Waals surface area (Å²) in [6, 6.07) is 15.8. The maximum atomic E-state index is 6.31. The molecule has 2 aromatic carbocycles. The van der Waals surface area contributed by atoms with Gasteiger partial charge in [-0.05, 0) is 61.4 Å². The van der Waals surface area contributed by atoms with Crippen molar-refractivity contribution in [3.8, 4) is 0 Å². The molecular weight excluding hydrogens is 274 g/mol. The molecule has 1 nitrogen and oxygen atoms in total. The first-order valence-electron chi connectivity index (χ1n) is 7.76. The Hall–Kier alpha value is -1.25. The Balaban J connectivity index is 1.54. The van der Waals surface area contributed by atoms with Gasteiger partial charge in [-0.15, -0.1) is 11.8 Å². The van der Waals surface area contributed by atoms with Crippen LogP contribution in [-0.2, 0) is 19.3 Å². The number of thioether (sulfide) groups is 1. The van der Waals surface area contributed by atoms with Crippen molar-refractivity contribution < 1.29 is 0 Å². The minimum atomic E-state index is 0.218. The molecule has 110 valence electrons. The summed E-state index contributed by atoms with van der Waals surface area (Å²) in [5.74, 6) is 0.972. The molecule has 0 aliphatic heterocycles. The molecule has 2 aromatic rings. The second-order valence-electron chi connectivity index (χ2n) is 6.04. The van der Waals surface area contributed by atoms with E-state index < -0.39 is 0 Å². The summed E-state index contributed by atoms with van der Waals surface area (Å²) < 4.78 is 0. The van der Waals surface area contributed by atoms with Gasteiger partial charge in [0.1, 0.15) is 0 Å². The highest BCUT2D eigenvalue weighted by molar-refractivity contribution is 7.99. The van der Waals surface area contributed by atoms with E-state index in [4.69, 9.17) is 5.73 Å². The third-order valence-corrected chi connectivity index (χ3v) is 5.35. The number of hydrogen-bond acceptors (Lipinski definition) is 2. The number of aryl methyl sites for hydroxylation is 3. The molecule has 2 N–H and O–H groups in total. The molecule has 21 heavy (non-hydrogen) atoms. The number of fused-ring (bicyclic) bond motifs is 1. The van der Waals surface area contributed by atoms with E-state index in [0.717, 1.165) is 12.2 Å². The van der Waals surface area contributed by atoms with Crippen molar-refractivity contribution in [3.05, 3.63) is 64.7 Å². The van der Waals surface area contributed by atoms with Crippen LogP contribution in [0, 0.1) is 6.92 Å². The van der Waals surface area contributed by atoms with Crippen LogP contribution < -0.4 is 5.73 Å². The molecule has 0 spiro atoms. The Kier molecular flexibility index (Phi) is 4.67. The van der Waals surface area contributed by atoms with Crippen molar-refractivity contribution in [1.82, 2.24) is 0 Å². The molecule has 0 saturated carbocycles. The van der Waals surface area contributed by atoms with Crippen LogP contribution in [-0.4, -0.2) is 11.8 Å². The SMILES string of the molecule is Cc1ccc(SCC(N)Cc2ccc3c(c2)CCC3)cc1. The Morgan fingerprint density at radius 2 is 1.81 bits per heavy atom. The number of hydrogen-bond donors (Lipinski definition) is 1. The molecule has 0 heterocycles. The van der Waals surface area contributed by atoms with Gasteiger partial charge >= 0.3 is 0 Å². The molecule has 1 aliphatic rings. The molecule has 1 aliphatic carbocycles. The Morgan fingerprint density at radius 3 is 2.62 bits per heavy atom. The van der Waals surface area contributed by atoms with E-state index in [9.17, 15) is 0 Å². The Bertz CT molecular complexity index is 603. The molecule has 1 atom stereocenters. The summed E-state index contributed by atoms with van der Waals surface area (Å²) in [6.45, 7) is 2.12. The highest BCUT2D eigenvalue weighted by atomic mass is 32.2. The minimum Gasteiger partial charge on any atom is -0.327 e. The fraction of sp³-hybridized carbons (Fsp3) is 0.368. The normalized spacial score (nSPS) is 15.0. The van der Waals surface area contributed by atoms with E-state index in [2.05, 4.69) is 49.4 Å². The predicted molar refractivity (Wildman–Crippen MR) is 92.0 cm³/mol. The van der Waals surface area contributed by atoms with Gasteiger partial charge in [-0.25, -0.2) is 0 Å². The smallest absolute Gasteiger partial charge is 0.0174 e. The van der Waals surface area contributed by atoms with Crippen LogP contribution in [0.15, 0.2) is 47.4 Å². The molecule has 0 aromatic heterocycles. The summed E-state index contributed by atoms with van der Waals surface area (Å²) >= 11 is 1.86. The van der Waals surface area contributed by atoms with E-state index >= 15 is 0 Å². The molecule has 0 radical (unpaired) electrons. The van der Waals surface area contributed by atoms with Gasteiger partial charge < -0.3 is 5.73 Å². The van der Waals surface area contributed by atoms with Crippen LogP contribution in [0.5, 0.6) is 0 Å². The van der Waals surface area contributed by atoms with Crippen LogP contribution in [0.2, 0.25) is 0 Å². The molecule has 1 unspecified atom stereocenters. The molecule has 0 bridgehead atoms. The highest BCUT2D eigenvalue weighted by Crippen LogP contribution is 2.24. The predicted octanol–water partition coefficient (Wildman–Crippen LogP) is 4.15. The zero-order valence-electron chi connectivity index (χ0n) is 12.6. The lowest BCUT2D eigenvalue weighted by Gasteiger charge is -2.12. The second-order valence-corrected chi connectivity index (χ2v) is 7.14. The average molecular weight is 297 g/mol.